The molecule has 2 rings (SSSR count). The molecule has 0 atom stereocenters. The predicted octanol–water partition coefficient (Wildman–Crippen LogP) is 4.17. The molecule has 0 aliphatic carbocycles. The molecule has 2 aromatic rings. The van der Waals surface area contributed by atoms with E-state index < -0.39 is 16.6 Å². The Morgan fingerprint density at radius 2 is 1.69 bits per heavy atom. The van der Waals surface area contributed by atoms with Gasteiger partial charge in [-0.05, 0) is 44.0 Å². The number of rotatable bonds is 6. The molecule has 1 amide bonds. The van der Waals surface area contributed by atoms with Crippen molar-refractivity contribution in [1.29, 1.82) is 0 Å². The lowest BCUT2D eigenvalue weighted by Gasteiger charge is -2.33. The van der Waals surface area contributed by atoms with Crippen LogP contribution in [0.15, 0.2) is 48.5 Å². The van der Waals surface area contributed by atoms with Crippen LogP contribution < -0.4 is 10.2 Å². The van der Waals surface area contributed by atoms with Gasteiger partial charge in [0, 0.05) is 36.4 Å². The Balaban J connectivity index is 2.06. The first-order chi connectivity index (χ1) is 12.2. The zero-order valence-electron chi connectivity index (χ0n) is 15.1. The first kappa shape index (κ1) is 19.4. The van der Waals surface area contributed by atoms with E-state index in [4.69, 9.17) is 0 Å². The zero-order chi connectivity index (χ0) is 19.3. The Kier molecular flexibility index (Phi) is 5.94. The number of nitro benzene ring substituents is 1. The van der Waals surface area contributed by atoms with Crippen LogP contribution in [0, 0.1) is 10.1 Å². The van der Waals surface area contributed by atoms with Crippen molar-refractivity contribution in [2.45, 2.75) is 39.4 Å². The van der Waals surface area contributed by atoms with E-state index in [1.54, 1.807) is 12.1 Å². The fourth-order valence-electron chi connectivity index (χ4n) is 2.72. The molecular formula is C19H23N3O4. The van der Waals surface area contributed by atoms with Crippen molar-refractivity contribution in [2.75, 3.05) is 4.90 Å². The van der Waals surface area contributed by atoms with E-state index in [0.717, 1.165) is 11.1 Å². The number of nitrogens with zero attached hydrogens (tertiary/aromatic N) is 2. The van der Waals surface area contributed by atoms with E-state index in [0.29, 0.717) is 18.8 Å². The van der Waals surface area contributed by atoms with E-state index in [1.165, 1.54) is 17.0 Å². The van der Waals surface area contributed by atoms with Crippen LogP contribution in [0.5, 0.6) is 0 Å². The number of anilines is 1. The first-order valence-corrected chi connectivity index (χ1v) is 8.24. The van der Waals surface area contributed by atoms with E-state index in [1.807, 2.05) is 45.0 Å². The summed E-state index contributed by atoms with van der Waals surface area (Å²) in [6, 6.07) is 13.8. The molecule has 0 saturated heterocycles. The zero-order valence-corrected chi connectivity index (χ0v) is 15.1. The van der Waals surface area contributed by atoms with Crippen LogP contribution >= 0.6 is 0 Å². The molecule has 0 fully saturated rings. The number of carboxylic acid groups (broad SMARTS) is 1. The van der Waals surface area contributed by atoms with E-state index in [2.05, 4.69) is 5.32 Å². The van der Waals surface area contributed by atoms with Crippen molar-refractivity contribution in [3.8, 4) is 0 Å². The number of non-ortho nitro benzene ring substituents is 1. The highest BCUT2D eigenvalue weighted by Crippen LogP contribution is 2.25. The number of hydrogen-bond donors (Lipinski definition) is 2. The van der Waals surface area contributed by atoms with Gasteiger partial charge in [-0.15, -0.1) is 0 Å². The van der Waals surface area contributed by atoms with E-state index >= 15 is 0 Å². The maximum Gasteiger partial charge on any atom is 0.412 e. The molecule has 138 valence electrons. The molecule has 0 saturated carbocycles. The first-order valence-electron chi connectivity index (χ1n) is 8.24. The Morgan fingerprint density at radius 3 is 2.23 bits per heavy atom. The lowest BCUT2D eigenvalue weighted by Crippen LogP contribution is -2.45. The van der Waals surface area contributed by atoms with Gasteiger partial charge in [0.25, 0.3) is 5.69 Å². The third-order valence-electron chi connectivity index (χ3n) is 3.81. The Bertz CT molecular complexity index is 799. The smallest absolute Gasteiger partial charge is 0.412 e. The summed E-state index contributed by atoms with van der Waals surface area (Å²) in [6.07, 6.45) is -1.00. The highest BCUT2D eigenvalue weighted by Gasteiger charge is 2.27. The topological polar surface area (TPSA) is 95.7 Å². The minimum atomic E-state index is -1.00. The maximum absolute atomic E-state index is 11.6. The molecule has 0 aliphatic rings. The lowest BCUT2D eigenvalue weighted by atomic mass is 10.0. The van der Waals surface area contributed by atoms with Gasteiger partial charge >= 0.3 is 6.09 Å². The van der Waals surface area contributed by atoms with Crippen LogP contribution in [0.3, 0.4) is 0 Å². The third kappa shape index (κ3) is 5.03. The largest absolute Gasteiger partial charge is 0.465 e. The van der Waals surface area contributed by atoms with E-state index in [-0.39, 0.29) is 5.69 Å². The number of hydrogen-bond acceptors (Lipinski definition) is 4. The summed E-state index contributed by atoms with van der Waals surface area (Å²) in [4.78, 5) is 23.3. The molecule has 26 heavy (non-hydrogen) atoms. The van der Waals surface area contributed by atoms with Crippen molar-refractivity contribution >= 4 is 17.5 Å². The second-order valence-electron chi connectivity index (χ2n) is 6.99. The molecular weight excluding hydrogens is 334 g/mol. The Labute approximate surface area is 152 Å². The van der Waals surface area contributed by atoms with Gasteiger partial charge in [-0.25, -0.2) is 4.79 Å². The van der Waals surface area contributed by atoms with Crippen LogP contribution in [-0.4, -0.2) is 21.7 Å². The van der Waals surface area contributed by atoms with Crippen LogP contribution in [0.4, 0.5) is 16.2 Å². The highest BCUT2D eigenvalue weighted by molar-refractivity contribution is 5.87. The van der Waals surface area contributed by atoms with Gasteiger partial charge < -0.3 is 10.4 Å². The predicted molar refractivity (Wildman–Crippen MR) is 100 cm³/mol. The van der Waals surface area contributed by atoms with Gasteiger partial charge in [-0.1, -0.05) is 24.3 Å². The minimum Gasteiger partial charge on any atom is -0.465 e. The maximum atomic E-state index is 11.6. The molecule has 0 aromatic heterocycles. The molecule has 0 unspecified atom stereocenters. The molecule has 2 N–H and O–H groups in total. The van der Waals surface area contributed by atoms with Gasteiger partial charge in [0.2, 0.25) is 0 Å². The van der Waals surface area contributed by atoms with Gasteiger partial charge in [-0.2, -0.15) is 0 Å². The molecule has 2 aromatic carbocycles. The van der Waals surface area contributed by atoms with Crippen molar-refractivity contribution in [2.24, 2.45) is 0 Å². The molecule has 0 heterocycles. The molecule has 0 bridgehead atoms. The normalized spacial score (nSPS) is 11.2. The third-order valence-corrected chi connectivity index (χ3v) is 3.81. The highest BCUT2D eigenvalue weighted by atomic mass is 16.6. The SMILES string of the molecule is CC(C)(C)N(C(=O)O)c1cccc(CNCc2cccc([N+](=O)[O-])c2)c1. The van der Waals surface area contributed by atoms with Gasteiger partial charge in [0.1, 0.15) is 0 Å². The van der Waals surface area contributed by atoms with Crippen LogP contribution in [0.2, 0.25) is 0 Å². The van der Waals surface area contributed by atoms with Crippen LogP contribution in [0.25, 0.3) is 0 Å². The molecule has 0 spiro atoms. The van der Waals surface area contributed by atoms with E-state index in [9.17, 15) is 20.0 Å². The fraction of sp³-hybridized carbons (Fsp3) is 0.316. The summed E-state index contributed by atoms with van der Waals surface area (Å²) in [7, 11) is 0. The Hall–Kier alpha value is -2.93. The summed E-state index contributed by atoms with van der Waals surface area (Å²) in [5.41, 5.74) is 1.87. The molecule has 7 heteroatoms. The van der Waals surface area contributed by atoms with Crippen molar-refractivity contribution < 1.29 is 14.8 Å². The van der Waals surface area contributed by atoms with Gasteiger partial charge in [0.05, 0.1) is 4.92 Å². The second-order valence-corrected chi connectivity index (χ2v) is 6.99. The summed E-state index contributed by atoms with van der Waals surface area (Å²) >= 11 is 0. The number of amides is 1. The average Bonchev–Trinajstić information content (AvgIpc) is 2.54. The van der Waals surface area contributed by atoms with Crippen LogP contribution in [-0.2, 0) is 13.1 Å². The monoisotopic (exact) mass is 357 g/mol. The fourth-order valence-corrected chi connectivity index (χ4v) is 2.72. The standard InChI is InChI=1S/C19H23N3O4/c1-19(2,3)21(18(23)24)16-8-4-6-14(10-16)12-20-13-15-7-5-9-17(11-15)22(25)26/h4-11,20H,12-13H2,1-3H3,(H,23,24). The number of nitrogens with one attached hydrogen (secondary N) is 1. The van der Waals surface area contributed by atoms with Crippen molar-refractivity contribution in [3.63, 3.8) is 0 Å². The van der Waals surface area contributed by atoms with Crippen molar-refractivity contribution in [1.82, 2.24) is 5.32 Å². The number of nitro groups is 1. The lowest BCUT2D eigenvalue weighted by molar-refractivity contribution is -0.384. The minimum absolute atomic E-state index is 0.0635. The molecule has 0 radical (unpaired) electrons. The van der Waals surface area contributed by atoms with Crippen LogP contribution in [0.1, 0.15) is 31.9 Å². The quantitative estimate of drug-likeness (QED) is 0.597. The van der Waals surface area contributed by atoms with Gasteiger partial charge in [0.15, 0.2) is 0 Å². The molecule has 0 aliphatic heterocycles. The Morgan fingerprint density at radius 1 is 1.12 bits per heavy atom. The van der Waals surface area contributed by atoms with Crippen molar-refractivity contribution in [3.05, 3.63) is 69.8 Å². The number of carbonyl (C=O) groups is 1. The summed E-state index contributed by atoms with van der Waals surface area (Å²) in [5.74, 6) is 0. The summed E-state index contributed by atoms with van der Waals surface area (Å²) in [6.45, 7) is 6.53. The average molecular weight is 357 g/mol. The second kappa shape index (κ2) is 7.97. The number of benzene rings is 2. The van der Waals surface area contributed by atoms with Gasteiger partial charge in [-0.3, -0.25) is 15.0 Å². The molecule has 7 nitrogen and oxygen atoms in total. The summed E-state index contributed by atoms with van der Waals surface area (Å²) < 4.78 is 0. The summed E-state index contributed by atoms with van der Waals surface area (Å²) in [5, 5.41) is 23.6.